The third-order valence-electron chi connectivity index (χ3n) is 7.40. The number of aromatic amines is 1. The smallest absolute Gasteiger partial charge is 0.313 e. The highest BCUT2D eigenvalue weighted by Gasteiger charge is 2.34. The molecule has 1 aromatic carbocycles. The lowest BCUT2D eigenvalue weighted by Gasteiger charge is -2.26. The highest BCUT2D eigenvalue weighted by atomic mass is 16.7. The van der Waals surface area contributed by atoms with Gasteiger partial charge in [-0.15, -0.1) is 0 Å². The first-order valence-corrected chi connectivity index (χ1v) is 15.1. The number of carbonyl (C=O) groups excluding carboxylic acids is 5. The second-order valence-corrected chi connectivity index (χ2v) is 12.6. The highest BCUT2D eigenvalue weighted by Crippen LogP contribution is 2.26. The van der Waals surface area contributed by atoms with Gasteiger partial charge in [-0.3, -0.25) is 24.0 Å². The summed E-state index contributed by atoms with van der Waals surface area (Å²) in [6, 6.07) is 5.05. The molecule has 4 atom stereocenters. The molecule has 0 radical (unpaired) electrons. The van der Waals surface area contributed by atoms with Gasteiger partial charge in [0.05, 0.1) is 18.6 Å². The van der Waals surface area contributed by atoms with Gasteiger partial charge < -0.3 is 35.1 Å². The van der Waals surface area contributed by atoms with Crippen LogP contribution in [0.25, 0.3) is 10.9 Å². The number of amides is 3. The van der Waals surface area contributed by atoms with Crippen LogP contribution in [0, 0.1) is 17.3 Å². The van der Waals surface area contributed by atoms with Gasteiger partial charge in [0.2, 0.25) is 18.1 Å². The van der Waals surface area contributed by atoms with Crippen LogP contribution < -0.4 is 20.7 Å². The number of rotatable bonds is 15. The van der Waals surface area contributed by atoms with Crippen molar-refractivity contribution in [2.45, 2.75) is 85.6 Å². The topological polar surface area (TPSA) is 165 Å². The molecule has 1 saturated heterocycles. The number of hydrogen-bond acceptors (Lipinski definition) is 8. The van der Waals surface area contributed by atoms with Crippen molar-refractivity contribution in [3.05, 3.63) is 30.0 Å². The Morgan fingerprint density at radius 1 is 1.09 bits per heavy atom. The second kappa shape index (κ2) is 15.2. The normalized spacial score (nSPS) is 17.1. The molecule has 1 aliphatic rings. The third kappa shape index (κ3) is 9.28. The van der Waals surface area contributed by atoms with Crippen LogP contribution in [0.2, 0.25) is 0 Å². The fourth-order valence-electron chi connectivity index (χ4n) is 4.87. The highest BCUT2D eigenvalue weighted by molar-refractivity contribution is 6.02. The van der Waals surface area contributed by atoms with E-state index in [0.29, 0.717) is 37.1 Å². The molecule has 242 valence electrons. The van der Waals surface area contributed by atoms with Crippen molar-refractivity contribution >= 4 is 40.4 Å². The number of carbonyl (C=O) groups is 5. The Bertz CT molecular complexity index is 1350. The van der Waals surface area contributed by atoms with Crippen molar-refractivity contribution in [3.8, 4) is 5.75 Å². The molecule has 3 rings (SSSR count). The third-order valence-corrected chi connectivity index (χ3v) is 7.40. The maximum atomic E-state index is 13.6. The lowest BCUT2D eigenvalue weighted by atomic mass is 9.95. The van der Waals surface area contributed by atoms with Crippen LogP contribution in [0.4, 0.5) is 0 Å². The molecule has 4 N–H and O–H groups in total. The Morgan fingerprint density at radius 2 is 1.82 bits per heavy atom. The fourth-order valence-corrected chi connectivity index (χ4v) is 4.87. The molecule has 12 nitrogen and oxygen atoms in total. The van der Waals surface area contributed by atoms with Crippen molar-refractivity contribution in [1.82, 2.24) is 20.9 Å². The van der Waals surface area contributed by atoms with Crippen molar-refractivity contribution in [2.75, 3.05) is 20.3 Å². The Balaban J connectivity index is 1.75. The summed E-state index contributed by atoms with van der Waals surface area (Å²) >= 11 is 0. The first kappa shape index (κ1) is 34.6. The van der Waals surface area contributed by atoms with E-state index < -0.39 is 59.9 Å². The first-order chi connectivity index (χ1) is 20.7. The average molecular weight is 615 g/mol. The van der Waals surface area contributed by atoms with Gasteiger partial charge in [0.15, 0.2) is 5.78 Å². The van der Waals surface area contributed by atoms with Gasteiger partial charge in [-0.2, -0.15) is 0 Å². The number of ketones is 1. The lowest BCUT2D eigenvalue weighted by Crippen LogP contribution is -2.53. The average Bonchev–Trinajstić information content (AvgIpc) is 3.59. The second-order valence-electron chi connectivity index (χ2n) is 12.6. The van der Waals surface area contributed by atoms with Crippen LogP contribution in [0.1, 0.15) is 77.7 Å². The van der Waals surface area contributed by atoms with E-state index in [2.05, 4.69) is 20.9 Å². The molecular weight excluding hydrogens is 568 g/mol. The summed E-state index contributed by atoms with van der Waals surface area (Å²) in [5.74, 6) is -2.00. The van der Waals surface area contributed by atoms with Crippen LogP contribution in [-0.4, -0.2) is 73.1 Å². The number of methoxy groups -OCH3 is 1. The number of aromatic nitrogens is 1. The van der Waals surface area contributed by atoms with Gasteiger partial charge in [-0.1, -0.05) is 26.8 Å². The minimum atomic E-state index is -1.06. The van der Waals surface area contributed by atoms with E-state index in [1.807, 2.05) is 19.9 Å². The number of esters is 1. The number of Topliss-reactive ketones (excluding diaryl/α,β-unsaturated/α-hetero) is 1. The fraction of sp³-hybridized carbons (Fsp3) is 0.594. The summed E-state index contributed by atoms with van der Waals surface area (Å²) in [5, 5.41) is 9.06. The molecule has 44 heavy (non-hydrogen) atoms. The molecule has 12 heteroatoms. The molecule has 0 aliphatic carbocycles. The van der Waals surface area contributed by atoms with Gasteiger partial charge in [0.1, 0.15) is 24.1 Å². The number of H-pyrrole nitrogens is 1. The van der Waals surface area contributed by atoms with E-state index in [4.69, 9.17) is 14.2 Å². The molecule has 2 heterocycles. The molecule has 0 spiro atoms. The zero-order chi connectivity index (χ0) is 32.6. The standard InChI is InChI=1S/C32H46N4O8/c1-8-27(44-31(41)32(4,5)6)43-17-25(37)22(15-19-12-13-33-28(19)38)35-29(39)23(14-18(2)3)36-30(40)24-16-20-21(34-24)10-9-11-26(20)42-7/h9-11,16,18-19,22-23,27,34H,8,12-15,17H2,1-7H3,(H,33,38)(H,35,39)(H,36,40)/t19-,22-,23-,27-/m0/s1. The summed E-state index contributed by atoms with van der Waals surface area (Å²) in [4.78, 5) is 68.0. The predicted molar refractivity (Wildman–Crippen MR) is 164 cm³/mol. The number of nitrogens with one attached hydrogen (secondary N) is 4. The largest absolute Gasteiger partial charge is 0.496 e. The maximum Gasteiger partial charge on any atom is 0.313 e. The summed E-state index contributed by atoms with van der Waals surface area (Å²) in [6.07, 6.45) is 0.279. The summed E-state index contributed by atoms with van der Waals surface area (Å²) < 4.78 is 16.4. The molecule has 1 aliphatic heterocycles. The van der Waals surface area contributed by atoms with Crippen LogP contribution in [0.5, 0.6) is 5.75 Å². The molecule has 0 bridgehead atoms. The quantitative estimate of drug-likeness (QED) is 0.175. The van der Waals surface area contributed by atoms with Crippen LogP contribution in [0.15, 0.2) is 24.3 Å². The van der Waals surface area contributed by atoms with Crippen molar-refractivity contribution in [2.24, 2.45) is 17.3 Å². The number of fused-ring (bicyclic) bond motifs is 1. The van der Waals surface area contributed by atoms with E-state index in [1.165, 1.54) is 0 Å². The minimum absolute atomic E-state index is 0.0368. The SMILES string of the molecule is CC[C@@H](OCC(=O)[C@H](C[C@@H]1CCNC1=O)NC(=O)[C@H](CC(C)C)NC(=O)c1cc2c(OC)cccc2[nH]1)OC(=O)C(C)(C)C. The van der Waals surface area contributed by atoms with Crippen molar-refractivity contribution < 1.29 is 38.2 Å². The van der Waals surface area contributed by atoms with Crippen LogP contribution >= 0.6 is 0 Å². The Morgan fingerprint density at radius 3 is 2.41 bits per heavy atom. The Kier molecular flexibility index (Phi) is 11.9. The lowest BCUT2D eigenvalue weighted by molar-refractivity contribution is -0.189. The molecule has 1 fully saturated rings. The van der Waals surface area contributed by atoms with Crippen LogP contribution in [-0.2, 0) is 28.7 Å². The number of hydrogen-bond donors (Lipinski definition) is 4. The van der Waals surface area contributed by atoms with Gasteiger partial charge in [0, 0.05) is 29.8 Å². The zero-order valence-corrected chi connectivity index (χ0v) is 26.7. The number of ether oxygens (including phenoxy) is 3. The van der Waals surface area contributed by atoms with E-state index >= 15 is 0 Å². The summed E-state index contributed by atoms with van der Waals surface area (Å²) in [6.45, 7) is 10.8. The maximum absolute atomic E-state index is 13.6. The van der Waals surface area contributed by atoms with E-state index in [-0.39, 0.29) is 23.9 Å². The molecule has 0 unspecified atom stereocenters. The zero-order valence-electron chi connectivity index (χ0n) is 26.7. The Labute approximate surface area is 258 Å². The van der Waals surface area contributed by atoms with Gasteiger partial charge in [-0.25, -0.2) is 0 Å². The first-order valence-electron chi connectivity index (χ1n) is 15.1. The van der Waals surface area contributed by atoms with Gasteiger partial charge >= 0.3 is 5.97 Å². The van der Waals surface area contributed by atoms with Crippen molar-refractivity contribution in [3.63, 3.8) is 0 Å². The van der Waals surface area contributed by atoms with Crippen molar-refractivity contribution in [1.29, 1.82) is 0 Å². The molecule has 3 amide bonds. The van der Waals surface area contributed by atoms with E-state index in [0.717, 1.165) is 5.39 Å². The summed E-state index contributed by atoms with van der Waals surface area (Å²) in [7, 11) is 1.54. The van der Waals surface area contributed by atoms with Gasteiger partial charge in [-0.05, 0) is 64.2 Å². The predicted octanol–water partition coefficient (Wildman–Crippen LogP) is 3.24. The molecule has 2 aromatic rings. The monoisotopic (exact) mass is 614 g/mol. The van der Waals surface area contributed by atoms with E-state index in [9.17, 15) is 24.0 Å². The van der Waals surface area contributed by atoms with E-state index in [1.54, 1.807) is 53.0 Å². The Hall–Kier alpha value is -3.93. The number of benzene rings is 1. The van der Waals surface area contributed by atoms with Crippen LogP contribution in [0.3, 0.4) is 0 Å². The minimum Gasteiger partial charge on any atom is -0.496 e. The molecular formula is C32H46N4O8. The van der Waals surface area contributed by atoms with Gasteiger partial charge in [0.25, 0.3) is 5.91 Å². The molecule has 0 saturated carbocycles. The summed E-state index contributed by atoms with van der Waals surface area (Å²) in [5.41, 5.74) is 0.214. The molecule has 1 aromatic heterocycles.